The number of ether oxygens (including phenoxy) is 1. The first-order valence-electron chi connectivity index (χ1n) is 7.79. The third kappa shape index (κ3) is 3.94. The van der Waals surface area contributed by atoms with Gasteiger partial charge >= 0.3 is 6.09 Å². The number of carbonyl (C=O) groups excluding carboxylic acids is 2. The van der Waals surface area contributed by atoms with E-state index < -0.39 is 11.7 Å². The van der Waals surface area contributed by atoms with Gasteiger partial charge in [-0.15, -0.1) is 0 Å². The SMILES string of the molecule is CN(C)C(=O)Cc1ccc2c(CO)cn(C(=O)OC(C)(C)C)c2c1. The molecule has 130 valence electrons. The van der Waals surface area contributed by atoms with Crippen LogP contribution >= 0.6 is 0 Å². The van der Waals surface area contributed by atoms with Crippen molar-refractivity contribution in [2.24, 2.45) is 0 Å². The molecule has 0 saturated heterocycles. The van der Waals surface area contributed by atoms with Crippen molar-refractivity contribution in [2.75, 3.05) is 14.1 Å². The van der Waals surface area contributed by atoms with Crippen molar-refractivity contribution in [1.29, 1.82) is 0 Å². The van der Waals surface area contributed by atoms with E-state index in [1.54, 1.807) is 47.1 Å². The van der Waals surface area contributed by atoms with Gasteiger partial charge in [-0.2, -0.15) is 0 Å². The molecule has 0 saturated carbocycles. The Morgan fingerprint density at radius 2 is 1.92 bits per heavy atom. The maximum atomic E-state index is 12.4. The fourth-order valence-electron chi connectivity index (χ4n) is 2.37. The summed E-state index contributed by atoms with van der Waals surface area (Å²) in [5.41, 5.74) is 1.44. The van der Waals surface area contributed by atoms with Gasteiger partial charge in [0.25, 0.3) is 0 Å². The van der Waals surface area contributed by atoms with Crippen molar-refractivity contribution >= 4 is 22.9 Å². The van der Waals surface area contributed by atoms with Crippen LogP contribution in [0.3, 0.4) is 0 Å². The summed E-state index contributed by atoms with van der Waals surface area (Å²) in [6.45, 7) is 5.21. The number of fused-ring (bicyclic) bond motifs is 1. The summed E-state index contributed by atoms with van der Waals surface area (Å²) >= 11 is 0. The molecule has 0 unspecified atom stereocenters. The number of nitrogens with zero attached hydrogens (tertiary/aromatic N) is 2. The number of rotatable bonds is 3. The average molecular weight is 332 g/mol. The summed E-state index contributed by atoms with van der Waals surface area (Å²) in [5.74, 6) is -0.0212. The lowest BCUT2D eigenvalue weighted by Crippen LogP contribution is -2.26. The third-order valence-corrected chi connectivity index (χ3v) is 3.57. The third-order valence-electron chi connectivity index (χ3n) is 3.57. The molecule has 2 rings (SSSR count). The van der Waals surface area contributed by atoms with Crippen LogP contribution in [0.2, 0.25) is 0 Å². The molecule has 1 heterocycles. The molecule has 0 atom stereocenters. The monoisotopic (exact) mass is 332 g/mol. The number of aliphatic hydroxyl groups excluding tert-OH is 1. The summed E-state index contributed by atoms with van der Waals surface area (Å²) in [6, 6.07) is 5.45. The zero-order valence-corrected chi connectivity index (χ0v) is 14.8. The number of aromatic nitrogens is 1. The Hall–Kier alpha value is -2.34. The maximum Gasteiger partial charge on any atom is 0.419 e. The van der Waals surface area contributed by atoms with Crippen LogP contribution in [0.5, 0.6) is 0 Å². The summed E-state index contributed by atoms with van der Waals surface area (Å²) in [4.78, 5) is 25.9. The second kappa shape index (κ2) is 6.65. The van der Waals surface area contributed by atoms with Crippen molar-refractivity contribution in [1.82, 2.24) is 9.47 Å². The molecule has 0 aliphatic carbocycles. The fourth-order valence-corrected chi connectivity index (χ4v) is 2.37. The van der Waals surface area contributed by atoms with E-state index in [2.05, 4.69) is 0 Å². The van der Waals surface area contributed by atoms with E-state index in [9.17, 15) is 14.7 Å². The zero-order valence-electron chi connectivity index (χ0n) is 14.8. The Labute approximate surface area is 141 Å². The topological polar surface area (TPSA) is 71.8 Å². The van der Waals surface area contributed by atoms with Crippen molar-refractivity contribution in [3.63, 3.8) is 0 Å². The number of hydrogen-bond donors (Lipinski definition) is 1. The van der Waals surface area contributed by atoms with Gasteiger partial charge in [-0.1, -0.05) is 12.1 Å². The van der Waals surface area contributed by atoms with Crippen molar-refractivity contribution in [3.8, 4) is 0 Å². The smallest absolute Gasteiger partial charge is 0.419 e. The summed E-state index contributed by atoms with van der Waals surface area (Å²) < 4.78 is 6.80. The van der Waals surface area contributed by atoms with Gasteiger partial charge in [0.15, 0.2) is 0 Å². The molecule has 6 heteroatoms. The number of carbonyl (C=O) groups is 2. The van der Waals surface area contributed by atoms with Crippen LogP contribution < -0.4 is 0 Å². The first-order chi connectivity index (χ1) is 11.1. The van der Waals surface area contributed by atoms with Gasteiger partial charge in [-0.25, -0.2) is 4.79 Å². The molecule has 2 aromatic rings. The molecule has 1 N–H and O–H groups in total. The minimum absolute atomic E-state index is 0.0212. The minimum atomic E-state index is -0.619. The van der Waals surface area contributed by atoms with Crippen LogP contribution in [0, 0.1) is 0 Å². The van der Waals surface area contributed by atoms with Crippen molar-refractivity contribution < 1.29 is 19.4 Å². The molecule has 0 fully saturated rings. The number of benzene rings is 1. The van der Waals surface area contributed by atoms with Gasteiger partial charge in [0.2, 0.25) is 5.91 Å². The molecule has 1 aromatic carbocycles. The number of aliphatic hydroxyl groups is 1. The molecular formula is C18H24N2O4. The van der Waals surface area contributed by atoms with Crippen molar-refractivity contribution in [3.05, 3.63) is 35.5 Å². The van der Waals surface area contributed by atoms with Gasteiger partial charge in [0, 0.05) is 31.2 Å². The van der Waals surface area contributed by atoms with E-state index in [-0.39, 0.29) is 18.9 Å². The molecular weight excluding hydrogens is 308 g/mol. The molecule has 0 aliphatic heterocycles. The molecule has 24 heavy (non-hydrogen) atoms. The first-order valence-corrected chi connectivity index (χ1v) is 7.79. The summed E-state index contributed by atoms with van der Waals surface area (Å²) in [7, 11) is 3.41. The standard InChI is InChI=1S/C18H24N2O4/c1-18(2,3)24-17(23)20-10-13(11-21)14-7-6-12(8-15(14)20)9-16(22)19(4)5/h6-8,10,21H,9,11H2,1-5H3. The number of hydrogen-bond acceptors (Lipinski definition) is 4. The van der Waals surface area contributed by atoms with Crippen molar-refractivity contribution in [2.45, 2.75) is 39.4 Å². The Kier molecular flexibility index (Phi) is 4.99. The predicted octanol–water partition coefficient (Wildman–Crippen LogP) is 2.55. The van der Waals surface area contributed by atoms with E-state index in [1.165, 1.54) is 9.47 Å². The quantitative estimate of drug-likeness (QED) is 0.937. The summed E-state index contributed by atoms with van der Waals surface area (Å²) in [6.07, 6.45) is 1.32. The first kappa shape index (κ1) is 18.0. The fraction of sp³-hybridized carbons (Fsp3) is 0.444. The van der Waals surface area contributed by atoms with Gasteiger partial charge < -0.3 is 14.7 Å². The van der Waals surface area contributed by atoms with Crippen LogP contribution in [-0.4, -0.2) is 46.3 Å². The van der Waals surface area contributed by atoms with Gasteiger partial charge in [-0.3, -0.25) is 9.36 Å². The van der Waals surface area contributed by atoms with E-state index in [0.717, 1.165) is 10.9 Å². The predicted molar refractivity (Wildman–Crippen MR) is 91.9 cm³/mol. The normalized spacial score (nSPS) is 11.6. The van der Waals surface area contributed by atoms with Gasteiger partial charge in [0.1, 0.15) is 5.60 Å². The Morgan fingerprint density at radius 3 is 2.46 bits per heavy atom. The lowest BCUT2D eigenvalue weighted by molar-refractivity contribution is -0.127. The lowest BCUT2D eigenvalue weighted by Gasteiger charge is -2.19. The zero-order chi connectivity index (χ0) is 18.1. The second-order valence-electron chi connectivity index (χ2n) is 6.98. The van der Waals surface area contributed by atoms with E-state index >= 15 is 0 Å². The van der Waals surface area contributed by atoms with Crippen LogP contribution in [-0.2, 0) is 22.6 Å². The molecule has 1 aromatic heterocycles. The van der Waals surface area contributed by atoms with Crippen LogP contribution in [0.25, 0.3) is 10.9 Å². The molecule has 1 amide bonds. The average Bonchev–Trinajstić information content (AvgIpc) is 2.83. The largest absolute Gasteiger partial charge is 0.443 e. The Bertz CT molecular complexity index is 769. The Morgan fingerprint density at radius 1 is 1.25 bits per heavy atom. The highest BCUT2D eigenvalue weighted by molar-refractivity contribution is 5.93. The van der Waals surface area contributed by atoms with Crippen LogP contribution in [0.4, 0.5) is 4.79 Å². The van der Waals surface area contributed by atoms with Gasteiger partial charge in [0.05, 0.1) is 18.5 Å². The van der Waals surface area contributed by atoms with E-state index in [1.807, 2.05) is 12.1 Å². The van der Waals surface area contributed by atoms with Gasteiger partial charge in [-0.05, 0) is 32.4 Å². The summed E-state index contributed by atoms with van der Waals surface area (Å²) in [5, 5.41) is 10.3. The second-order valence-corrected chi connectivity index (χ2v) is 6.98. The maximum absolute atomic E-state index is 12.4. The molecule has 0 bridgehead atoms. The molecule has 0 radical (unpaired) electrons. The molecule has 0 aliphatic rings. The highest BCUT2D eigenvalue weighted by Gasteiger charge is 2.21. The highest BCUT2D eigenvalue weighted by atomic mass is 16.6. The number of likely N-dealkylation sites (N-methyl/N-ethyl adjacent to an activating group) is 1. The lowest BCUT2D eigenvalue weighted by atomic mass is 10.1. The number of amides is 1. The highest BCUT2D eigenvalue weighted by Crippen LogP contribution is 2.24. The van der Waals surface area contributed by atoms with Crippen LogP contribution in [0.15, 0.2) is 24.4 Å². The molecule has 0 spiro atoms. The van der Waals surface area contributed by atoms with Crippen LogP contribution in [0.1, 0.15) is 31.9 Å². The minimum Gasteiger partial charge on any atom is -0.443 e. The molecule has 6 nitrogen and oxygen atoms in total. The van der Waals surface area contributed by atoms with E-state index in [0.29, 0.717) is 11.1 Å². The van der Waals surface area contributed by atoms with E-state index in [4.69, 9.17) is 4.74 Å². The Balaban J connectivity index is 2.47.